The van der Waals surface area contributed by atoms with Gasteiger partial charge in [0.05, 0.1) is 16.3 Å². The van der Waals surface area contributed by atoms with Gasteiger partial charge in [-0.05, 0) is 49.2 Å². The van der Waals surface area contributed by atoms with Gasteiger partial charge in [-0.25, -0.2) is 9.78 Å². The minimum absolute atomic E-state index is 0.0204. The molecule has 3 rings (SSSR count). The number of hydrogen-bond acceptors (Lipinski definition) is 4. The molecule has 1 fully saturated rings. The van der Waals surface area contributed by atoms with Gasteiger partial charge in [0, 0.05) is 11.6 Å². The number of benzene rings is 1. The maximum absolute atomic E-state index is 12.1. The van der Waals surface area contributed by atoms with Gasteiger partial charge in [-0.1, -0.05) is 23.2 Å². The Labute approximate surface area is 148 Å². The lowest BCUT2D eigenvalue weighted by atomic mass is 10.2. The van der Waals surface area contributed by atoms with Gasteiger partial charge in [0.15, 0.2) is 0 Å². The van der Waals surface area contributed by atoms with E-state index in [0.29, 0.717) is 22.0 Å². The quantitative estimate of drug-likeness (QED) is 0.640. The van der Waals surface area contributed by atoms with Gasteiger partial charge >= 0.3 is 5.97 Å². The Morgan fingerprint density at radius 2 is 1.83 bits per heavy atom. The monoisotopic (exact) mass is 364 g/mol. The van der Waals surface area contributed by atoms with Crippen molar-refractivity contribution in [3.8, 4) is 0 Å². The standard InChI is InChI=1S/C17H14Cl2N2O3/c18-13-7-8-15(19)21-14(13)9-24-17(23)11-3-5-12(6-4-11)20-16(22)10-1-2-10/h3-8,10H,1-2,9H2,(H,20,22). The van der Waals surface area contributed by atoms with Crippen LogP contribution in [0.5, 0.6) is 0 Å². The van der Waals surface area contributed by atoms with Crippen molar-refractivity contribution in [3.63, 3.8) is 0 Å². The summed E-state index contributed by atoms with van der Waals surface area (Å²) in [6, 6.07) is 9.68. The summed E-state index contributed by atoms with van der Waals surface area (Å²) in [6.45, 7) is -0.0710. The first-order valence-corrected chi connectivity index (χ1v) is 8.17. The maximum atomic E-state index is 12.1. The molecule has 1 aromatic carbocycles. The van der Waals surface area contributed by atoms with Crippen molar-refractivity contribution in [1.82, 2.24) is 4.98 Å². The second kappa shape index (κ2) is 7.20. The molecule has 0 atom stereocenters. The number of nitrogens with one attached hydrogen (secondary N) is 1. The van der Waals surface area contributed by atoms with Gasteiger partial charge in [0.1, 0.15) is 11.8 Å². The van der Waals surface area contributed by atoms with Crippen LogP contribution in [0.2, 0.25) is 10.2 Å². The van der Waals surface area contributed by atoms with Crippen LogP contribution in [0.1, 0.15) is 28.9 Å². The van der Waals surface area contributed by atoms with Crippen LogP contribution < -0.4 is 5.32 Å². The summed E-state index contributed by atoms with van der Waals surface area (Å²) >= 11 is 11.8. The summed E-state index contributed by atoms with van der Waals surface area (Å²) < 4.78 is 5.19. The molecule has 1 saturated carbocycles. The van der Waals surface area contributed by atoms with Crippen LogP contribution in [0.25, 0.3) is 0 Å². The van der Waals surface area contributed by atoms with Gasteiger partial charge in [0.25, 0.3) is 0 Å². The number of carbonyl (C=O) groups excluding carboxylic acids is 2. The van der Waals surface area contributed by atoms with Gasteiger partial charge in [-0.2, -0.15) is 0 Å². The Hall–Kier alpha value is -2.11. The van der Waals surface area contributed by atoms with E-state index in [9.17, 15) is 9.59 Å². The molecule has 1 aliphatic rings. The van der Waals surface area contributed by atoms with Crippen LogP contribution in [-0.4, -0.2) is 16.9 Å². The van der Waals surface area contributed by atoms with Crippen LogP contribution in [0.15, 0.2) is 36.4 Å². The van der Waals surface area contributed by atoms with Crippen molar-refractivity contribution in [2.75, 3.05) is 5.32 Å². The molecular formula is C17H14Cl2N2O3. The zero-order valence-corrected chi connectivity index (χ0v) is 14.1. The average Bonchev–Trinajstić information content (AvgIpc) is 3.41. The molecule has 0 spiro atoms. The molecule has 1 N–H and O–H groups in total. The molecule has 124 valence electrons. The molecule has 24 heavy (non-hydrogen) atoms. The number of nitrogens with zero attached hydrogens (tertiary/aromatic N) is 1. The first-order chi connectivity index (χ1) is 11.5. The third kappa shape index (κ3) is 4.24. The normalized spacial score (nSPS) is 13.4. The first-order valence-electron chi connectivity index (χ1n) is 7.42. The van der Waals surface area contributed by atoms with Crippen LogP contribution in [0.3, 0.4) is 0 Å². The highest BCUT2D eigenvalue weighted by molar-refractivity contribution is 6.32. The van der Waals surface area contributed by atoms with Crippen molar-refractivity contribution in [2.24, 2.45) is 5.92 Å². The Bertz CT molecular complexity index is 774. The lowest BCUT2D eigenvalue weighted by Crippen LogP contribution is -2.13. The highest BCUT2D eigenvalue weighted by atomic mass is 35.5. The topological polar surface area (TPSA) is 68.3 Å². The number of esters is 1. The van der Waals surface area contributed by atoms with E-state index in [1.54, 1.807) is 36.4 Å². The van der Waals surface area contributed by atoms with E-state index in [4.69, 9.17) is 27.9 Å². The Balaban J connectivity index is 1.58. The molecule has 0 unspecified atom stereocenters. The number of anilines is 1. The maximum Gasteiger partial charge on any atom is 0.338 e. The third-order valence-electron chi connectivity index (χ3n) is 3.56. The molecule has 0 radical (unpaired) electrons. The van der Waals surface area contributed by atoms with E-state index in [0.717, 1.165) is 12.8 Å². The molecule has 1 heterocycles. The van der Waals surface area contributed by atoms with Crippen LogP contribution in [0.4, 0.5) is 5.69 Å². The Morgan fingerprint density at radius 3 is 2.50 bits per heavy atom. The SMILES string of the molecule is O=C(OCc1nc(Cl)ccc1Cl)c1ccc(NC(=O)C2CC2)cc1. The number of aromatic nitrogens is 1. The van der Waals surface area contributed by atoms with E-state index in [1.165, 1.54) is 0 Å². The van der Waals surface area contributed by atoms with Crippen molar-refractivity contribution in [3.05, 3.63) is 57.8 Å². The summed E-state index contributed by atoms with van der Waals surface area (Å²) in [5.41, 5.74) is 1.42. The van der Waals surface area contributed by atoms with Gasteiger partial charge < -0.3 is 10.1 Å². The van der Waals surface area contributed by atoms with Crippen molar-refractivity contribution in [1.29, 1.82) is 0 Å². The molecule has 2 aromatic rings. The summed E-state index contributed by atoms with van der Waals surface area (Å²) in [5, 5.41) is 3.47. The molecule has 0 bridgehead atoms. The number of pyridine rings is 1. The molecule has 1 aromatic heterocycles. The highest BCUT2D eigenvalue weighted by Gasteiger charge is 2.29. The second-order valence-electron chi connectivity index (χ2n) is 5.48. The van der Waals surface area contributed by atoms with Crippen LogP contribution in [0, 0.1) is 5.92 Å². The molecule has 0 saturated heterocycles. The van der Waals surface area contributed by atoms with E-state index in [2.05, 4.69) is 10.3 Å². The number of halogens is 2. The number of amides is 1. The Morgan fingerprint density at radius 1 is 1.12 bits per heavy atom. The van der Waals surface area contributed by atoms with Gasteiger partial charge in [0.2, 0.25) is 5.91 Å². The van der Waals surface area contributed by atoms with Crippen LogP contribution >= 0.6 is 23.2 Å². The summed E-state index contributed by atoms with van der Waals surface area (Å²) in [7, 11) is 0. The Kier molecular flexibility index (Phi) is 5.02. The average molecular weight is 365 g/mol. The predicted molar refractivity (Wildman–Crippen MR) is 91.2 cm³/mol. The van der Waals surface area contributed by atoms with E-state index < -0.39 is 5.97 Å². The van der Waals surface area contributed by atoms with E-state index in [-0.39, 0.29) is 23.6 Å². The fourth-order valence-electron chi connectivity index (χ4n) is 2.06. The minimum atomic E-state index is -0.507. The zero-order chi connectivity index (χ0) is 17.1. The van der Waals surface area contributed by atoms with Crippen molar-refractivity contribution in [2.45, 2.75) is 19.4 Å². The number of hydrogen-bond donors (Lipinski definition) is 1. The fourth-order valence-corrected chi connectivity index (χ4v) is 2.38. The lowest BCUT2D eigenvalue weighted by molar-refractivity contribution is -0.117. The number of carbonyl (C=O) groups is 2. The van der Waals surface area contributed by atoms with E-state index >= 15 is 0 Å². The smallest absolute Gasteiger partial charge is 0.338 e. The zero-order valence-electron chi connectivity index (χ0n) is 12.6. The summed E-state index contributed by atoms with van der Waals surface area (Å²) in [5.74, 6) is -0.357. The number of rotatable bonds is 5. The molecule has 0 aliphatic heterocycles. The predicted octanol–water partition coefficient (Wildman–Crippen LogP) is 4.09. The van der Waals surface area contributed by atoms with Gasteiger partial charge in [-0.3, -0.25) is 4.79 Å². The molecule has 7 heteroatoms. The summed E-state index contributed by atoms with van der Waals surface area (Å²) in [4.78, 5) is 27.7. The van der Waals surface area contributed by atoms with Crippen molar-refractivity contribution >= 4 is 40.8 Å². The largest absolute Gasteiger partial charge is 0.456 e. The highest BCUT2D eigenvalue weighted by Crippen LogP contribution is 2.30. The third-order valence-corrected chi connectivity index (χ3v) is 4.12. The summed E-state index contributed by atoms with van der Waals surface area (Å²) in [6.07, 6.45) is 1.88. The molecule has 1 aliphatic carbocycles. The van der Waals surface area contributed by atoms with E-state index in [1.807, 2.05) is 0 Å². The first kappa shape index (κ1) is 16.7. The fraction of sp³-hybridized carbons (Fsp3) is 0.235. The minimum Gasteiger partial charge on any atom is -0.456 e. The lowest BCUT2D eigenvalue weighted by Gasteiger charge is -2.08. The molecule has 1 amide bonds. The van der Waals surface area contributed by atoms with Crippen molar-refractivity contribution < 1.29 is 14.3 Å². The second-order valence-corrected chi connectivity index (χ2v) is 6.27. The molecule has 5 nitrogen and oxygen atoms in total. The van der Waals surface area contributed by atoms with Gasteiger partial charge in [-0.15, -0.1) is 0 Å². The number of ether oxygens (including phenoxy) is 1. The molecular weight excluding hydrogens is 351 g/mol. The van der Waals surface area contributed by atoms with Crippen LogP contribution in [-0.2, 0) is 16.1 Å².